The molecule has 6 heteroatoms. The van der Waals surface area contributed by atoms with Crippen LogP contribution in [0.1, 0.15) is 47.2 Å². The van der Waals surface area contributed by atoms with Crippen LogP contribution in [0.15, 0.2) is 71.7 Å². The molecular formula is C26H35FN4O. The van der Waals surface area contributed by atoms with Crippen LogP contribution >= 0.6 is 0 Å². The maximum atomic E-state index is 13.1. The topological polar surface area (TPSA) is 59.3 Å². The van der Waals surface area contributed by atoms with Gasteiger partial charge in [-0.15, -0.1) is 0 Å². The van der Waals surface area contributed by atoms with Crippen molar-refractivity contribution < 1.29 is 9.18 Å². The quantitative estimate of drug-likeness (QED) is 0.470. The van der Waals surface area contributed by atoms with Crippen LogP contribution in [0.25, 0.3) is 11.3 Å². The van der Waals surface area contributed by atoms with Crippen molar-refractivity contribution in [2.75, 3.05) is 7.05 Å². The molecule has 0 aliphatic heterocycles. The van der Waals surface area contributed by atoms with E-state index in [1.807, 2.05) is 71.4 Å². The first-order valence-corrected chi connectivity index (χ1v) is 10.4. The SMILES string of the molecule is C/C=C(\C)NC(=O)C(C)(C)C.C=C(C)/C=C\C(=NC)c1c(-c2ccc(F)cc2)ncn1C. The third-order valence-electron chi connectivity index (χ3n) is 4.49. The number of aryl methyl sites for hydroxylation is 1. The molecule has 1 heterocycles. The summed E-state index contributed by atoms with van der Waals surface area (Å²) >= 11 is 0. The van der Waals surface area contributed by atoms with E-state index in [9.17, 15) is 9.18 Å². The van der Waals surface area contributed by atoms with Crippen LogP contribution in [0, 0.1) is 11.2 Å². The number of aliphatic imine (C=N–C) groups is 1. The Labute approximate surface area is 191 Å². The Balaban J connectivity index is 0.000000396. The van der Waals surface area contributed by atoms with Crippen molar-refractivity contribution in [3.8, 4) is 11.3 Å². The van der Waals surface area contributed by atoms with Gasteiger partial charge in [-0.1, -0.05) is 45.1 Å². The predicted octanol–water partition coefficient (Wildman–Crippen LogP) is 5.85. The molecule has 32 heavy (non-hydrogen) atoms. The molecule has 0 saturated carbocycles. The summed E-state index contributed by atoms with van der Waals surface area (Å²) < 4.78 is 15.0. The number of halogens is 1. The van der Waals surface area contributed by atoms with Gasteiger partial charge < -0.3 is 9.88 Å². The summed E-state index contributed by atoms with van der Waals surface area (Å²) in [6, 6.07) is 6.30. The van der Waals surface area contributed by atoms with Gasteiger partial charge in [0.1, 0.15) is 5.82 Å². The first-order chi connectivity index (χ1) is 14.9. The van der Waals surface area contributed by atoms with Crippen molar-refractivity contribution in [1.29, 1.82) is 0 Å². The Morgan fingerprint density at radius 1 is 1.19 bits per heavy atom. The molecule has 0 fully saturated rings. The van der Waals surface area contributed by atoms with E-state index >= 15 is 0 Å². The standard InChI is InChI=1S/C17H18FN3.C9H17NO/c1-12(2)5-10-15(19-3)17-16(20-11-21(17)4)13-6-8-14(18)9-7-13;1-6-7(2)10-8(11)9(3,4)5/h5-11H,1H2,2-4H3;6H,1-5H3,(H,10,11)/b10-5-,19-15?;7-6+. The fourth-order valence-corrected chi connectivity index (χ4v) is 2.47. The van der Waals surface area contributed by atoms with Crippen LogP contribution in [0.3, 0.4) is 0 Å². The Hall–Kier alpha value is -3.28. The fraction of sp³-hybridized carbons (Fsp3) is 0.346. The van der Waals surface area contributed by atoms with E-state index in [0.717, 1.165) is 33.9 Å². The van der Waals surface area contributed by atoms with E-state index in [2.05, 4.69) is 21.9 Å². The summed E-state index contributed by atoms with van der Waals surface area (Å²) in [7, 11) is 3.65. The monoisotopic (exact) mass is 438 g/mol. The van der Waals surface area contributed by atoms with Crippen LogP contribution in [-0.2, 0) is 11.8 Å². The van der Waals surface area contributed by atoms with E-state index in [1.54, 1.807) is 25.5 Å². The second-order valence-electron chi connectivity index (χ2n) is 8.52. The van der Waals surface area contributed by atoms with Gasteiger partial charge in [0.05, 0.1) is 23.4 Å². The maximum absolute atomic E-state index is 13.1. The average molecular weight is 439 g/mol. The molecule has 0 aliphatic carbocycles. The molecule has 0 unspecified atom stereocenters. The van der Waals surface area contributed by atoms with Gasteiger partial charge in [0.25, 0.3) is 0 Å². The molecule has 172 valence electrons. The Morgan fingerprint density at radius 3 is 2.25 bits per heavy atom. The van der Waals surface area contributed by atoms with Crippen molar-refractivity contribution in [3.63, 3.8) is 0 Å². The molecular weight excluding hydrogens is 403 g/mol. The number of carbonyl (C=O) groups is 1. The molecule has 0 radical (unpaired) electrons. The minimum atomic E-state index is -0.301. The molecule has 2 rings (SSSR count). The molecule has 2 aromatic rings. The lowest BCUT2D eigenvalue weighted by Crippen LogP contribution is -2.33. The zero-order valence-electron chi connectivity index (χ0n) is 20.5. The highest BCUT2D eigenvalue weighted by Crippen LogP contribution is 2.23. The second-order valence-corrected chi connectivity index (χ2v) is 8.52. The predicted molar refractivity (Wildman–Crippen MR) is 132 cm³/mol. The van der Waals surface area contributed by atoms with Crippen LogP contribution in [0.4, 0.5) is 4.39 Å². The number of hydrogen-bond acceptors (Lipinski definition) is 3. The first-order valence-electron chi connectivity index (χ1n) is 10.4. The molecule has 1 N–H and O–H groups in total. The molecule has 0 bridgehead atoms. The molecule has 1 aromatic heterocycles. The van der Waals surface area contributed by atoms with Gasteiger partial charge in [-0.05, 0) is 51.1 Å². The molecule has 0 atom stereocenters. The lowest BCUT2D eigenvalue weighted by atomic mass is 9.95. The van der Waals surface area contributed by atoms with Gasteiger partial charge in [-0.2, -0.15) is 0 Å². The normalized spacial score (nSPS) is 12.4. The highest BCUT2D eigenvalue weighted by Gasteiger charge is 2.20. The average Bonchev–Trinajstić information content (AvgIpc) is 3.10. The van der Waals surface area contributed by atoms with E-state index in [4.69, 9.17) is 0 Å². The number of nitrogens with zero attached hydrogens (tertiary/aromatic N) is 3. The number of aromatic nitrogens is 2. The molecule has 5 nitrogen and oxygen atoms in total. The Morgan fingerprint density at radius 2 is 1.78 bits per heavy atom. The minimum absolute atomic E-state index is 0.0631. The Kier molecular flexibility index (Phi) is 9.98. The van der Waals surface area contributed by atoms with Crippen molar-refractivity contribution in [3.05, 3.63) is 78.2 Å². The van der Waals surface area contributed by atoms with E-state index in [0.29, 0.717) is 0 Å². The van der Waals surface area contributed by atoms with E-state index < -0.39 is 0 Å². The molecule has 0 aliphatic rings. The van der Waals surface area contributed by atoms with Crippen LogP contribution < -0.4 is 5.32 Å². The molecule has 1 aromatic carbocycles. The number of rotatable bonds is 5. The highest BCUT2D eigenvalue weighted by atomic mass is 19.1. The van der Waals surface area contributed by atoms with Crippen molar-refractivity contribution >= 4 is 11.6 Å². The number of imidazole rings is 1. The van der Waals surface area contributed by atoms with Crippen molar-refractivity contribution in [2.45, 2.75) is 41.5 Å². The summed E-state index contributed by atoms with van der Waals surface area (Å²) in [6.45, 7) is 15.2. The summed E-state index contributed by atoms with van der Waals surface area (Å²) in [4.78, 5) is 20.0. The van der Waals surface area contributed by atoms with Crippen LogP contribution in [0.5, 0.6) is 0 Å². The van der Waals surface area contributed by atoms with Gasteiger partial charge in [0, 0.05) is 30.8 Å². The Bertz CT molecular complexity index is 1020. The summed E-state index contributed by atoms with van der Waals surface area (Å²) in [5.41, 5.74) is 4.89. The zero-order chi connectivity index (χ0) is 24.5. The molecule has 0 spiro atoms. The molecule has 0 saturated heterocycles. The number of benzene rings is 1. The van der Waals surface area contributed by atoms with Gasteiger partial charge in [-0.3, -0.25) is 9.79 Å². The van der Waals surface area contributed by atoms with Crippen LogP contribution in [0.2, 0.25) is 0 Å². The van der Waals surface area contributed by atoms with Gasteiger partial charge in [0.15, 0.2) is 0 Å². The number of amides is 1. The smallest absolute Gasteiger partial charge is 0.229 e. The van der Waals surface area contributed by atoms with E-state index in [-0.39, 0.29) is 17.1 Å². The van der Waals surface area contributed by atoms with Crippen molar-refractivity contribution in [1.82, 2.24) is 14.9 Å². The number of hydrogen-bond donors (Lipinski definition) is 1. The maximum Gasteiger partial charge on any atom is 0.229 e. The summed E-state index contributed by atoms with van der Waals surface area (Å²) in [5, 5.41) is 2.79. The molecule has 1 amide bonds. The number of carbonyl (C=O) groups excluding carboxylic acids is 1. The van der Waals surface area contributed by atoms with Crippen molar-refractivity contribution in [2.24, 2.45) is 17.5 Å². The fourth-order valence-electron chi connectivity index (χ4n) is 2.47. The van der Waals surface area contributed by atoms with Gasteiger partial charge in [0.2, 0.25) is 5.91 Å². The summed E-state index contributed by atoms with van der Waals surface area (Å²) in [5.74, 6) is -0.198. The summed E-state index contributed by atoms with van der Waals surface area (Å²) in [6.07, 6.45) is 7.42. The van der Waals surface area contributed by atoms with Gasteiger partial charge >= 0.3 is 0 Å². The van der Waals surface area contributed by atoms with Crippen LogP contribution in [-0.4, -0.2) is 28.2 Å². The lowest BCUT2D eigenvalue weighted by Gasteiger charge is -2.17. The zero-order valence-corrected chi connectivity index (χ0v) is 20.5. The minimum Gasteiger partial charge on any atom is -0.332 e. The van der Waals surface area contributed by atoms with E-state index in [1.165, 1.54) is 12.1 Å². The second kappa shape index (κ2) is 11.9. The first kappa shape index (κ1) is 26.8. The third-order valence-corrected chi connectivity index (χ3v) is 4.49. The number of nitrogens with one attached hydrogen (secondary N) is 1. The highest BCUT2D eigenvalue weighted by molar-refractivity contribution is 6.11. The third kappa shape index (κ3) is 8.10. The van der Waals surface area contributed by atoms with Gasteiger partial charge in [-0.25, -0.2) is 9.37 Å². The number of allylic oxidation sites excluding steroid dienone is 5. The largest absolute Gasteiger partial charge is 0.332 e. The lowest BCUT2D eigenvalue weighted by molar-refractivity contribution is -0.127.